The molecule has 6 heteroatoms. The monoisotopic (exact) mass is 260 g/mol. The highest BCUT2D eigenvalue weighted by molar-refractivity contribution is 9.10. The first kappa shape index (κ1) is 11.1. The van der Waals surface area contributed by atoms with E-state index in [-0.39, 0.29) is 0 Å². The molecule has 0 saturated heterocycles. The summed E-state index contributed by atoms with van der Waals surface area (Å²) in [5, 5.41) is 17.7. The van der Waals surface area contributed by atoms with Gasteiger partial charge in [0.05, 0.1) is 11.7 Å². The van der Waals surface area contributed by atoms with E-state index in [0.29, 0.717) is 10.3 Å². The summed E-state index contributed by atoms with van der Waals surface area (Å²) in [5.41, 5.74) is 5.82. The number of nitrogens with two attached hydrogens (primary N) is 1. The highest BCUT2D eigenvalue weighted by Crippen LogP contribution is 2.14. The van der Waals surface area contributed by atoms with E-state index in [0.717, 1.165) is 0 Å². The Bertz CT molecular complexity index is 345. The van der Waals surface area contributed by atoms with Crippen molar-refractivity contribution in [1.29, 1.82) is 0 Å². The average molecular weight is 261 g/mol. The number of carboxylic acid groups (broad SMARTS) is 1. The molecular weight excluding hydrogens is 252 g/mol. The van der Waals surface area contributed by atoms with Crippen LogP contribution in [0.1, 0.15) is 11.7 Å². The standard InChI is InChI=1S/C8H9BrN2O3/c9-5-3-1-2-4(11-5)6(10)7(12)8(13)14/h1-3,6-7,12H,10H2,(H,13,14)/t6-,7+/m1/s1. The van der Waals surface area contributed by atoms with Crippen LogP contribution in [0.15, 0.2) is 22.8 Å². The minimum Gasteiger partial charge on any atom is -0.479 e. The Hall–Kier alpha value is -0.980. The maximum atomic E-state index is 10.4. The number of pyridine rings is 1. The lowest BCUT2D eigenvalue weighted by molar-refractivity contribution is -0.147. The Morgan fingerprint density at radius 1 is 1.57 bits per heavy atom. The molecule has 1 heterocycles. The lowest BCUT2D eigenvalue weighted by Crippen LogP contribution is -2.33. The number of hydrogen-bond acceptors (Lipinski definition) is 4. The summed E-state index contributed by atoms with van der Waals surface area (Å²) in [4.78, 5) is 14.4. The van der Waals surface area contributed by atoms with Crippen LogP contribution in [0.3, 0.4) is 0 Å². The SMILES string of the molecule is N[C@H](c1cccc(Br)n1)[C@H](O)C(=O)O. The van der Waals surface area contributed by atoms with Crippen LogP contribution in [-0.4, -0.2) is 27.3 Å². The highest BCUT2D eigenvalue weighted by Gasteiger charge is 2.24. The fraction of sp³-hybridized carbons (Fsp3) is 0.250. The van der Waals surface area contributed by atoms with Gasteiger partial charge < -0.3 is 15.9 Å². The summed E-state index contributed by atoms with van der Waals surface area (Å²) < 4.78 is 0.544. The molecule has 0 saturated carbocycles. The molecular formula is C8H9BrN2O3. The van der Waals surface area contributed by atoms with E-state index >= 15 is 0 Å². The topological polar surface area (TPSA) is 96.4 Å². The number of aliphatic carboxylic acids is 1. The molecule has 0 amide bonds. The van der Waals surface area contributed by atoms with Gasteiger partial charge in [0.25, 0.3) is 0 Å². The van der Waals surface area contributed by atoms with Gasteiger partial charge in [-0.1, -0.05) is 6.07 Å². The van der Waals surface area contributed by atoms with E-state index in [1.165, 1.54) is 0 Å². The third kappa shape index (κ3) is 2.50. The van der Waals surface area contributed by atoms with Gasteiger partial charge in [-0.2, -0.15) is 0 Å². The van der Waals surface area contributed by atoms with Crippen molar-refractivity contribution in [3.05, 3.63) is 28.5 Å². The van der Waals surface area contributed by atoms with Crippen molar-refractivity contribution in [1.82, 2.24) is 4.98 Å². The fourth-order valence-corrected chi connectivity index (χ4v) is 1.28. The van der Waals surface area contributed by atoms with Crippen molar-refractivity contribution in [2.75, 3.05) is 0 Å². The van der Waals surface area contributed by atoms with Crippen LogP contribution < -0.4 is 5.73 Å². The van der Waals surface area contributed by atoms with E-state index in [2.05, 4.69) is 20.9 Å². The second-order valence-corrected chi connectivity index (χ2v) is 3.51. The predicted molar refractivity (Wildman–Crippen MR) is 52.5 cm³/mol. The van der Waals surface area contributed by atoms with Gasteiger partial charge in [-0.15, -0.1) is 0 Å². The lowest BCUT2D eigenvalue weighted by atomic mass is 10.1. The largest absolute Gasteiger partial charge is 0.479 e. The smallest absolute Gasteiger partial charge is 0.334 e. The zero-order valence-electron chi connectivity index (χ0n) is 7.09. The molecule has 0 unspecified atom stereocenters. The first-order chi connectivity index (χ1) is 6.52. The van der Waals surface area contributed by atoms with E-state index in [4.69, 9.17) is 15.9 Å². The van der Waals surface area contributed by atoms with Crippen LogP contribution >= 0.6 is 15.9 Å². The minimum absolute atomic E-state index is 0.328. The van der Waals surface area contributed by atoms with Gasteiger partial charge in [0.1, 0.15) is 4.60 Å². The number of aromatic nitrogens is 1. The first-order valence-electron chi connectivity index (χ1n) is 3.81. The normalized spacial score (nSPS) is 14.8. The Kier molecular flexibility index (Phi) is 3.56. The van der Waals surface area contributed by atoms with Crippen molar-refractivity contribution in [2.24, 2.45) is 5.73 Å². The Morgan fingerprint density at radius 3 is 2.71 bits per heavy atom. The quantitative estimate of drug-likeness (QED) is 0.679. The highest BCUT2D eigenvalue weighted by atomic mass is 79.9. The van der Waals surface area contributed by atoms with E-state index in [9.17, 15) is 4.79 Å². The van der Waals surface area contributed by atoms with E-state index in [1.54, 1.807) is 18.2 Å². The Labute approximate surface area is 88.7 Å². The van der Waals surface area contributed by atoms with Gasteiger partial charge >= 0.3 is 5.97 Å². The van der Waals surface area contributed by atoms with Gasteiger partial charge in [-0.05, 0) is 28.1 Å². The van der Waals surface area contributed by atoms with Gasteiger partial charge in [0, 0.05) is 0 Å². The number of rotatable bonds is 3. The summed E-state index contributed by atoms with van der Waals surface area (Å²) in [5.74, 6) is -1.36. The number of carbonyl (C=O) groups is 1. The molecule has 0 aliphatic rings. The zero-order chi connectivity index (χ0) is 10.7. The molecule has 0 aromatic carbocycles. The molecule has 0 fully saturated rings. The minimum atomic E-state index is -1.64. The van der Waals surface area contributed by atoms with Crippen LogP contribution in [0.4, 0.5) is 0 Å². The van der Waals surface area contributed by atoms with Gasteiger partial charge in [0.2, 0.25) is 0 Å². The molecule has 0 aliphatic carbocycles. The lowest BCUT2D eigenvalue weighted by Gasteiger charge is -2.14. The number of aliphatic hydroxyl groups excluding tert-OH is 1. The fourth-order valence-electron chi connectivity index (χ4n) is 0.925. The molecule has 2 atom stereocenters. The van der Waals surface area contributed by atoms with Gasteiger partial charge in [-0.25, -0.2) is 9.78 Å². The predicted octanol–water partition coefficient (Wildman–Crippen LogP) is 0.289. The van der Waals surface area contributed by atoms with E-state index < -0.39 is 18.1 Å². The van der Waals surface area contributed by atoms with Crippen molar-refractivity contribution in [3.63, 3.8) is 0 Å². The molecule has 1 aromatic rings. The number of nitrogens with zero attached hydrogens (tertiary/aromatic N) is 1. The molecule has 1 aromatic heterocycles. The van der Waals surface area contributed by atoms with E-state index in [1.807, 2.05) is 0 Å². The van der Waals surface area contributed by atoms with Crippen LogP contribution in [0.25, 0.3) is 0 Å². The maximum absolute atomic E-state index is 10.4. The van der Waals surface area contributed by atoms with Gasteiger partial charge in [-0.3, -0.25) is 0 Å². The second kappa shape index (κ2) is 4.50. The molecule has 5 nitrogen and oxygen atoms in total. The molecule has 0 spiro atoms. The third-order valence-corrected chi connectivity index (χ3v) is 2.11. The summed E-state index contributed by atoms with van der Waals surface area (Å²) in [6.45, 7) is 0. The second-order valence-electron chi connectivity index (χ2n) is 2.69. The van der Waals surface area contributed by atoms with Crippen molar-refractivity contribution < 1.29 is 15.0 Å². The zero-order valence-corrected chi connectivity index (χ0v) is 8.68. The number of carboxylic acids is 1. The van der Waals surface area contributed by atoms with Crippen molar-refractivity contribution >= 4 is 21.9 Å². The average Bonchev–Trinajstić information content (AvgIpc) is 2.15. The third-order valence-electron chi connectivity index (χ3n) is 1.67. The summed E-state index contributed by atoms with van der Waals surface area (Å²) in [6.07, 6.45) is -1.64. The Balaban J connectivity index is 2.89. The number of hydrogen-bond donors (Lipinski definition) is 3. The van der Waals surface area contributed by atoms with Crippen LogP contribution in [0, 0.1) is 0 Å². The first-order valence-corrected chi connectivity index (χ1v) is 4.60. The molecule has 0 bridgehead atoms. The number of halogens is 1. The summed E-state index contributed by atoms with van der Waals surface area (Å²) in [7, 11) is 0. The molecule has 0 radical (unpaired) electrons. The van der Waals surface area contributed by atoms with Crippen LogP contribution in [-0.2, 0) is 4.79 Å². The number of aliphatic hydroxyl groups is 1. The summed E-state index contributed by atoms with van der Waals surface area (Å²) >= 11 is 3.12. The molecule has 76 valence electrons. The maximum Gasteiger partial charge on any atom is 0.334 e. The van der Waals surface area contributed by atoms with Crippen molar-refractivity contribution in [2.45, 2.75) is 12.1 Å². The Morgan fingerprint density at radius 2 is 2.21 bits per heavy atom. The molecule has 14 heavy (non-hydrogen) atoms. The summed E-state index contributed by atoms with van der Waals surface area (Å²) in [6, 6.07) is 3.89. The van der Waals surface area contributed by atoms with Crippen LogP contribution in [0.5, 0.6) is 0 Å². The van der Waals surface area contributed by atoms with Gasteiger partial charge in [0.15, 0.2) is 6.10 Å². The molecule has 0 aliphatic heterocycles. The molecule has 4 N–H and O–H groups in total. The van der Waals surface area contributed by atoms with Crippen molar-refractivity contribution in [3.8, 4) is 0 Å². The molecule has 1 rings (SSSR count). The van der Waals surface area contributed by atoms with Crippen LogP contribution in [0.2, 0.25) is 0 Å².